The van der Waals surface area contributed by atoms with E-state index in [0.29, 0.717) is 88.8 Å². The summed E-state index contributed by atoms with van der Waals surface area (Å²) in [5, 5.41) is 8.60. The molecule has 23 heteroatoms. The molecule has 7 N–H and O–H groups in total. The highest BCUT2D eigenvalue weighted by atomic mass is 33.2. The van der Waals surface area contributed by atoms with Crippen LogP contribution in [0.25, 0.3) is 0 Å². The standard InChI is InChI=1S/C26H48N6O4S4.C9H16O4.C8H15NO4/c1-31(14-11-20(33)9-5-3-4-8-19(24(27)35)18-23-37-38-23)16-17-32(2)15-12-22(34)29-13-7-6-10-21(25(28)36)30-26-39-40-26;1-8(10)4-3-5-9(11)13-7-6-12-2;1-7(10)3-4-9-8(11)13-6-5-12-2/h19,21,23,26,30H,3-18H2,1-2H3,(H2,27,35)(H2,28,36)(H,29,34);3-7H2,1-2H3;3-6H2,1-2H3,(H,9,11)/t19-,21+;;/m1../s1. The summed E-state index contributed by atoms with van der Waals surface area (Å²) in [7, 11) is 14.1. The predicted octanol–water partition coefficient (Wildman–Crippen LogP) is 4.04. The molecule has 2 atom stereocenters. The lowest BCUT2D eigenvalue weighted by molar-refractivity contribution is -0.145. The third-order valence-corrected chi connectivity index (χ3v) is 13.9. The molecule has 0 aromatic rings. The highest BCUT2D eigenvalue weighted by molar-refractivity contribution is 8.93. The number of primary amides is 2. The third-order valence-electron chi connectivity index (χ3n) is 9.82. The molecule has 66 heavy (non-hydrogen) atoms. The minimum atomic E-state index is -0.515. The number of alkyl carbamates (subject to hydrolysis) is 1. The maximum absolute atomic E-state index is 12.3. The van der Waals surface area contributed by atoms with E-state index in [9.17, 15) is 38.4 Å². The van der Waals surface area contributed by atoms with Gasteiger partial charge in [0.15, 0.2) is 0 Å². The molecular weight excluding hydrogens is 935 g/mol. The molecule has 2 heterocycles. The van der Waals surface area contributed by atoms with E-state index in [1.807, 2.05) is 35.7 Å². The molecule has 0 unspecified atom stereocenters. The van der Waals surface area contributed by atoms with Crippen molar-refractivity contribution in [3.8, 4) is 0 Å². The summed E-state index contributed by atoms with van der Waals surface area (Å²) in [6, 6.07) is -0.304. The molecule has 0 aromatic heterocycles. The van der Waals surface area contributed by atoms with Crippen molar-refractivity contribution in [2.75, 3.05) is 94.0 Å². The molecule has 0 radical (unpaired) electrons. The van der Waals surface area contributed by atoms with E-state index in [1.54, 1.807) is 28.7 Å². The highest BCUT2D eigenvalue weighted by Gasteiger charge is 2.30. The topological polar surface area (TPSA) is 268 Å². The number of ketones is 3. The van der Waals surface area contributed by atoms with E-state index >= 15 is 0 Å². The van der Waals surface area contributed by atoms with E-state index in [0.717, 1.165) is 64.6 Å². The van der Waals surface area contributed by atoms with Crippen molar-refractivity contribution < 1.29 is 57.3 Å². The molecule has 2 saturated heterocycles. The molecule has 2 aliphatic rings. The van der Waals surface area contributed by atoms with Gasteiger partial charge in [-0.3, -0.25) is 34.1 Å². The SMILES string of the molecule is CN(CCC(=O)CCCCC[C@H](CC1SS1)C(N)=O)CCN(C)CCC(=O)NCCCC[C@H](NC1SS1)C(N)=O.COCCOC(=O)CCCC(C)=O.COCCOC(=O)NCCC(C)=O. The van der Waals surface area contributed by atoms with Crippen molar-refractivity contribution in [1.82, 2.24) is 25.8 Å². The number of carbonyl (C=O) groups is 8. The Morgan fingerprint density at radius 2 is 1.20 bits per heavy atom. The van der Waals surface area contributed by atoms with E-state index in [-0.39, 0.29) is 70.9 Å². The quantitative estimate of drug-likeness (QED) is 0.0252. The van der Waals surface area contributed by atoms with Crippen LogP contribution in [0.2, 0.25) is 0 Å². The molecular formula is C43H79N7O12S4. The van der Waals surface area contributed by atoms with Crippen molar-refractivity contribution >= 4 is 90.3 Å². The molecule has 2 fully saturated rings. The minimum absolute atomic E-state index is 0.0313. The molecule has 382 valence electrons. The number of nitrogens with two attached hydrogens (primary N) is 2. The number of carbonyl (C=O) groups excluding carboxylic acids is 8. The van der Waals surface area contributed by atoms with Crippen LogP contribution in [0.15, 0.2) is 0 Å². The van der Waals surface area contributed by atoms with E-state index in [4.69, 9.17) is 20.9 Å². The molecule has 0 bridgehead atoms. The fraction of sp³-hybridized carbons (Fsp3) is 0.814. The molecule has 4 amide bonds. The second-order valence-electron chi connectivity index (χ2n) is 16.0. The fourth-order valence-electron chi connectivity index (χ4n) is 5.66. The first kappa shape index (κ1) is 63.4. The van der Waals surface area contributed by atoms with Gasteiger partial charge in [-0.15, -0.1) is 0 Å². The lowest BCUT2D eigenvalue weighted by Crippen LogP contribution is -2.41. The number of hydrogen-bond donors (Lipinski definition) is 5. The largest absolute Gasteiger partial charge is 0.463 e. The maximum Gasteiger partial charge on any atom is 0.407 e. The Morgan fingerprint density at radius 1 is 0.591 bits per heavy atom. The Hall–Kier alpha value is -2.64. The lowest BCUT2D eigenvalue weighted by Gasteiger charge is -2.21. The zero-order valence-corrected chi connectivity index (χ0v) is 43.3. The zero-order valence-electron chi connectivity index (χ0n) is 40.1. The summed E-state index contributed by atoms with van der Waals surface area (Å²) in [4.78, 5) is 94.5. The number of unbranched alkanes of at least 4 members (excludes halogenated alkanes) is 3. The average molecular weight is 1010 g/mol. The average Bonchev–Trinajstić information content (AvgIpc) is 4.21. The van der Waals surface area contributed by atoms with Crippen LogP contribution in [-0.2, 0) is 52.5 Å². The molecule has 2 rings (SSSR count). The second kappa shape index (κ2) is 41.3. The number of nitrogens with zero attached hydrogens (tertiary/aromatic N) is 2. The first-order chi connectivity index (χ1) is 31.5. The number of nitrogens with one attached hydrogen (secondary N) is 3. The number of likely N-dealkylation sites (N-methyl/N-ethyl adjacent to an activating group) is 2. The summed E-state index contributed by atoms with van der Waals surface area (Å²) >= 11 is 0. The van der Waals surface area contributed by atoms with Gasteiger partial charge in [-0.05, 0) is 72.9 Å². The summed E-state index contributed by atoms with van der Waals surface area (Å²) in [6.45, 7) is 8.28. The van der Waals surface area contributed by atoms with Gasteiger partial charge in [0, 0.05) is 97.9 Å². The normalized spacial score (nSPS) is 13.9. The van der Waals surface area contributed by atoms with Crippen LogP contribution in [0, 0.1) is 5.92 Å². The van der Waals surface area contributed by atoms with Gasteiger partial charge in [0.2, 0.25) is 17.7 Å². The van der Waals surface area contributed by atoms with Gasteiger partial charge in [-0.1, -0.05) is 56.0 Å². The Bertz CT molecular complexity index is 1310. The van der Waals surface area contributed by atoms with Crippen LogP contribution in [0.4, 0.5) is 4.79 Å². The number of hydrogen-bond acceptors (Lipinski definition) is 19. The van der Waals surface area contributed by atoms with Crippen LogP contribution < -0.4 is 27.4 Å². The molecule has 0 aromatic carbocycles. The van der Waals surface area contributed by atoms with Gasteiger partial charge in [-0.2, -0.15) is 0 Å². The van der Waals surface area contributed by atoms with Crippen molar-refractivity contribution in [3.63, 3.8) is 0 Å². The highest BCUT2D eigenvalue weighted by Crippen LogP contribution is 2.56. The van der Waals surface area contributed by atoms with Gasteiger partial charge >= 0.3 is 12.1 Å². The first-order valence-corrected chi connectivity index (χ1v) is 27.2. The number of rotatable bonds is 39. The first-order valence-electron chi connectivity index (χ1n) is 22.6. The van der Waals surface area contributed by atoms with Gasteiger partial charge in [-0.25, -0.2) is 4.79 Å². The van der Waals surface area contributed by atoms with Crippen LogP contribution in [0.3, 0.4) is 0 Å². The number of amides is 4. The maximum atomic E-state index is 12.3. The van der Waals surface area contributed by atoms with E-state index in [1.165, 1.54) is 21.0 Å². The van der Waals surface area contributed by atoms with Gasteiger partial charge in [0.25, 0.3) is 0 Å². The van der Waals surface area contributed by atoms with Crippen molar-refractivity contribution in [2.24, 2.45) is 17.4 Å². The Morgan fingerprint density at radius 3 is 1.76 bits per heavy atom. The number of ether oxygens (including phenoxy) is 4. The van der Waals surface area contributed by atoms with Crippen molar-refractivity contribution in [3.05, 3.63) is 0 Å². The number of methoxy groups -OCH3 is 2. The number of Topliss-reactive ketones (excluding diaryl/α,β-unsaturated/α-hetero) is 3. The van der Waals surface area contributed by atoms with E-state index < -0.39 is 6.09 Å². The Labute approximate surface area is 408 Å². The van der Waals surface area contributed by atoms with Gasteiger partial charge < -0.3 is 55.6 Å². The monoisotopic (exact) mass is 1010 g/mol. The summed E-state index contributed by atoms with van der Waals surface area (Å²) in [5.74, 6) is -0.349. The van der Waals surface area contributed by atoms with Gasteiger partial charge in [0.05, 0.1) is 23.8 Å². The Balaban J connectivity index is 0.00000132. The minimum Gasteiger partial charge on any atom is -0.463 e. The van der Waals surface area contributed by atoms with Crippen LogP contribution in [-0.4, -0.2) is 166 Å². The number of esters is 1. The zero-order chi connectivity index (χ0) is 49.5. The predicted molar refractivity (Wildman–Crippen MR) is 264 cm³/mol. The van der Waals surface area contributed by atoms with Crippen LogP contribution >= 0.6 is 43.2 Å². The summed E-state index contributed by atoms with van der Waals surface area (Å²) < 4.78 is 19.7. The van der Waals surface area contributed by atoms with Crippen LogP contribution in [0.1, 0.15) is 110 Å². The molecule has 0 aliphatic carbocycles. The smallest absolute Gasteiger partial charge is 0.407 e. The molecule has 19 nitrogen and oxygen atoms in total. The third kappa shape index (κ3) is 42.7. The summed E-state index contributed by atoms with van der Waals surface area (Å²) in [6.07, 6.45) is 9.54. The van der Waals surface area contributed by atoms with Gasteiger partial charge in [0.1, 0.15) is 35.3 Å². The molecule has 0 spiro atoms. The molecule has 2 aliphatic heterocycles. The Kier molecular flexibility index (Phi) is 39.7. The lowest BCUT2D eigenvalue weighted by atomic mass is 9.97. The fourth-order valence-corrected chi connectivity index (χ4v) is 8.06. The van der Waals surface area contributed by atoms with E-state index in [2.05, 4.69) is 35.2 Å². The second-order valence-corrected chi connectivity index (χ2v) is 21.7. The van der Waals surface area contributed by atoms with Crippen LogP contribution in [0.5, 0.6) is 0 Å². The van der Waals surface area contributed by atoms with Crippen molar-refractivity contribution in [1.29, 1.82) is 0 Å². The van der Waals surface area contributed by atoms with Crippen molar-refractivity contribution in [2.45, 2.75) is 125 Å². The summed E-state index contributed by atoms with van der Waals surface area (Å²) in [5.41, 5.74) is 11.0. The molecule has 0 saturated carbocycles.